The van der Waals surface area contributed by atoms with E-state index in [1.165, 1.54) is 0 Å². The molecule has 0 spiro atoms. The van der Waals surface area contributed by atoms with Crippen LogP contribution in [-0.2, 0) is 4.74 Å². The lowest BCUT2D eigenvalue weighted by Gasteiger charge is -2.30. The molecular weight excluding hydrogens is 209 g/mol. The van der Waals surface area contributed by atoms with Crippen molar-refractivity contribution in [3.05, 3.63) is 11.8 Å². The molecule has 1 saturated heterocycles. The molecule has 2 nitrogen and oxygen atoms in total. The molecule has 0 unspecified atom stereocenters. The van der Waals surface area contributed by atoms with Gasteiger partial charge in [-0.3, -0.25) is 0 Å². The third-order valence-electron chi connectivity index (χ3n) is 1.77. The van der Waals surface area contributed by atoms with Crippen molar-refractivity contribution in [2.75, 3.05) is 26.3 Å². The quantitative estimate of drug-likeness (QED) is 0.623. The second-order valence-corrected chi connectivity index (χ2v) is 2.71. The lowest BCUT2D eigenvalue weighted by molar-refractivity contribution is -0.122. The fourth-order valence-electron chi connectivity index (χ4n) is 1.19. The molecule has 0 saturated carbocycles. The van der Waals surface area contributed by atoms with Crippen LogP contribution in [0.5, 0.6) is 0 Å². The van der Waals surface area contributed by atoms with E-state index >= 15 is 0 Å². The lowest BCUT2D eigenvalue weighted by atomic mass is 10.3. The molecule has 0 atom stereocenters. The van der Waals surface area contributed by atoms with Crippen LogP contribution >= 0.6 is 0 Å². The SMILES string of the molecule is FC(F)=C(N1CCOCC1)C(F)(F)F. The molecule has 1 heterocycles. The largest absolute Gasteiger partial charge is 0.436 e. The summed E-state index contributed by atoms with van der Waals surface area (Å²) in [5.74, 6) is 0. The van der Waals surface area contributed by atoms with Gasteiger partial charge < -0.3 is 9.64 Å². The molecule has 82 valence electrons. The van der Waals surface area contributed by atoms with Crippen molar-refractivity contribution in [2.24, 2.45) is 0 Å². The average Bonchev–Trinajstić information content (AvgIpc) is 2.02. The summed E-state index contributed by atoms with van der Waals surface area (Å²) in [7, 11) is 0. The van der Waals surface area contributed by atoms with Crippen LogP contribution in [0.4, 0.5) is 22.0 Å². The number of rotatable bonds is 1. The van der Waals surface area contributed by atoms with Gasteiger partial charge in [-0.2, -0.15) is 22.0 Å². The summed E-state index contributed by atoms with van der Waals surface area (Å²) in [5.41, 5.74) is -1.85. The van der Waals surface area contributed by atoms with E-state index in [4.69, 9.17) is 4.74 Å². The topological polar surface area (TPSA) is 12.5 Å². The highest BCUT2D eigenvalue weighted by Gasteiger charge is 2.42. The number of halogens is 5. The summed E-state index contributed by atoms with van der Waals surface area (Å²) >= 11 is 0. The molecule has 7 heteroatoms. The van der Waals surface area contributed by atoms with E-state index in [0.717, 1.165) is 0 Å². The Kier molecular flexibility index (Phi) is 3.30. The zero-order valence-electron chi connectivity index (χ0n) is 7.07. The summed E-state index contributed by atoms with van der Waals surface area (Å²) in [5, 5.41) is 0. The van der Waals surface area contributed by atoms with Gasteiger partial charge in [-0.15, -0.1) is 0 Å². The van der Waals surface area contributed by atoms with E-state index < -0.39 is 18.0 Å². The molecule has 0 aliphatic carbocycles. The third-order valence-corrected chi connectivity index (χ3v) is 1.77. The summed E-state index contributed by atoms with van der Waals surface area (Å²) in [6.07, 6.45) is -7.70. The van der Waals surface area contributed by atoms with Crippen LogP contribution in [0, 0.1) is 0 Å². The molecule has 0 aromatic carbocycles. The molecule has 0 amide bonds. The minimum Gasteiger partial charge on any atom is -0.378 e. The number of hydrogen-bond acceptors (Lipinski definition) is 2. The maximum atomic E-state index is 12.1. The monoisotopic (exact) mass is 217 g/mol. The molecule has 0 aromatic rings. The van der Waals surface area contributed by atoms with Gasteiger partial charge >= 0.3 is 6.18 Å². The Bertz CT molecular complexity index is 227. The normalized spacial score (nSPS) is 18.2. The first-order chi connectivity index (χ1) is 6.43. The highest BCUT2D eigenvalue weighted by Crippen LogP contribution is 2.32. The molecule has 0 N–H and O–H groups in total. The van der Waals surface area contributed by atoms with Gasteiger partial charge in [-0.05, 0) is 0 Å². The van der Waals surface area contributed by atoms with Crippen LogP contribution in [-0.4, -0.2) is 37.4 Å². The van der Waals surface area contributed by atoms with Crippen LogP contribution in [0.15, 0.2) is 11.8 Å². The maximum Gasteiger partial charge on any atom is 0.436 e. The minimum atomic E-state index is -5.00. The van der Waals surface area contributed by atoms with E-state index in [9.17, 15) is 22.0 Å². The van der Waals surface area contributed by atoms with Crippen LogP contribution in [0.1, 0.15) is 0 Å². The molecule has 1 aliphatic heterocycles. The number of morpholine rings is 1. The van der Waals surface area contributed by atoms with Crippen molar-refractivity contribution >= 4 is 0 Å². The van der Waals surface area contributed by atoms with Crippen molar-refractivity contribution in [3.8, 4) is 0 Å². The second kappa shape index (κ2) is 4.12. The summed E-state index contributed by atoms with van der Waals surface area (Å²) in [6, 6.07) is 0. The van der Waals surface area contributed by atoms with Crippen LogP contribution in [0.3, 0.4) is 0 Å². The Morgan fingerprint density at radius 3 is 1.93 bits per heavy atom. The summed E-state index contributed by atoms with van der Waals surface area (Å²) < 4.78 is 65.3. The molecule has 14 heavy (non-hydrogen) atoms. The van der Waals surface area contributed by atoms with Gasteiger partial charge in [0.2, 0.25) is 0 Å². The van der Waals surface area contributed by atoms with Crippen LogP contribution < -0.4 is 0 Å². The van der Waals surface area contributed by atoms with E-state index in [1.54, 1.807) is 0 Å². The summed E-state index contributed by atoms with van der Waals surface area (Å²) in [4.78, 5) is 0.596. The molecule has 1 fully saturated rings. The number of alkyl halides is 3. The van der Waals surface area contributed by atoms with Crippen molar-refractivity contribution in [1.82, 2.24) is 4.90 Å². The van der Waals surface area contributed by atoms with Crippen molar-refractivity contribution in [3.63, 3.8) is 0 Å². The van der Waals surface area contributed by atoms with Gasteiger partial charge in [0.1, 0.15) is 0 Å². The first-order valence-corrected chi connectivity index (χ1v) is 3.88. The second-order valence-electron chi connectivity index (χ2n) is 2.71. The molecule has 1 aliphatic rings. The van der Waals surface area contributed by atoms with Crippen molar-refractivity contribution < 1.29 is 26.7 Å². The van der Waals surface area contributed by atoms with Gasteiger partial charge in [0, 0.05) is 13.1 Å². The van der Waals surface area contributed by atoms with Crippen molar-refractivity contribution in [1.29, 1.82) is 0 Å². The van der Waals surface area contributed by atoms with E-state index in [1.807, 2.05) is 0 Å². The zero-order valence-corrected chi connectivity index (χ0v) is 7.07. The zero-order chi connectivity index (χ0) is 10.8. The average molecular weight is 217 g/mol. The molecule has 0 aromatic heterocycles. The van der Waals surface area contributed by atoms with Crippen molar-refractivity contribution in [2.45, 2.75) is 6.18 Å². The fourth-order valence-corrected chi connectivity index (χ4v) is 1.19. The lowest BCUT2D eigenvalue weighted by Crippen LogP contribution is -2.40. The Morgan fingerprint density at radius 1 is 1.07 bits per heavy atom. The number of hydrogen-bond donors (Lipinski definition) is 0. The highest BCUT2D eigenvalue weighted by atomic mass is 19.4. The Labute approximate surface area is 76.9 Å². The molecule has 1 rings (SSSR count). The smallest absolute Gasteiger partial charge is 0.378 e. The number of allylic oxidation sites excluding steroid dienone is 1. The van der Waals surface area contributed by atoms with E-state index in [0.29, 0.717) is 4.90 Å². The van der Waals surface area contributed by atoms with E-state index in [2.05, 4.69) is 0 Å². The standard InChI is InChI=1S/C7H8F5NO/c8-6(9)5(7(10,11)12)13-1-3-14-4-2-13/h1-4H2. The fraction of sp³-hybridized carbons (Fsp3) is 0.714. The van der Waals surface area contributed by atoms with Gasteiger partial charge in [-0.25, -0.2) is 0 Å². The van der Waals surface area contributed by atoms with Gasteiger partial charge in [0.05, 0.1) is 13.2 Å². The molecule has 0 radical (unpaired) electrons. The molecular formula is C7H8F5NO. The van der Waals surface area contributed by atoms with Crippen LogP contribution in [0.25, 0.3) is 0 Å². The maximum absolute atomic E-state index is 12.1. The Morgan fingerprint density at radius 2 is 1.57 bits per heavy atom. The predicted molar refractivity (Wildman–Crippen MR) is 37.7 cm³/mol. The first-order valence-electron chi connectivity index (χ1n) is 3.88. The number of ether oxygens (including phenoxy) is 1. The Balaban J connectivity index is 2.83. The van der Waals surface area contributed by atoms with E-state index in [-0.39, 0.29) is 26.3 Å². The molecule has 0 bridgehead atoms. The minimum absolute atomic E-state index is 0.0346. The third kappa shape index (κ3) is 2.57. The van der Waals surface area contributed by atoms with Crippen LogP contribution in [0.2, 0.25) is 0 Å². The predicted octanol–water partition coefficient (Wildman–Crippen LogP) is 1.99. The Hall–Kier alpha value is -0.850. The van der Waals surface area contributed by atoms with Gasteiger partial charge in [0.25, 0.3) is 6.08 Å². The first kappa shape index (κ1) is 11.2. The van der Waals surface area contributed by atoms with Gasteiger partial charge in [0.15, 0.2) is 5.70 Å². The number of nitrogens with zero attached hydrogens (tertiary/aromatic N) is 1. The van der Waals surface area contributed by atoms with Gasteiger partial charge in [-0.1, -0.05) is 0 Å². The highest BCUT2D eigenvalue weighted by molar-refractivity contribution is 5.09. The summed E-state index contributed by atoms with van der Waals surface area (Å²) in [6.45, 7) is -0.252.